The molecule has 2 aliphatic rings. The van der Waals surface area contributed by atoms with Crippen LogP contribution in [0, 0.1) is 13.8 Å². The summed E-state index contributed by atoms with van der Waals surface area (Å²) >= 11 is 0. The number of likely N-dealkylation sites (tertiary alicyclic amines) is 1. The zero-order valence-electron chi connectivity index (χ0n) is 17.6. The van der Waals surface area contributed by atoms with Crippen LogP contribution < -0.4 is 10.2 Å². The molecule has 1 aromatic carbocycles. The molecule has 1 fully saturated rings. The molecule has 158 valence electrons. The zero-order chi connectivity index (χ0) is 21.5. The van der Waals surface area contributed by atoms with Gasteiger partial charge in [0, 0.05) is 25.0 Å². The summed E-state index contributed by atoms with van der Waals surface area (Å²) < 4.78 is 1.99. The van der Waals surface area contributed by atoms with Crippen LogP contribution in [0.25, 0.3) is 0 Å². The first-order valence-electron chi connectivity index (χ1n) is 10.4. The molecule has 8 nitrogen and oxygen atoms in total. The molecule has 0 unspecified atom stereocenters. The van der Waals surface area contributed by atoms with Crippen molar-refractivity contribution in [2.45, 2.75) is 26.4 Å². The summed E-state index contributed by atoms with van der Waals surface area (Å²) in [6, 6.07) is 13.8. The minimum Gasteiger partial charge on any atom is -0.359 e. The normalized spacial score (nSPS) is 16.0. The van der Waals surface area contributed by atoms with Gasteiger partial charge in [0.2, 0.25) is 5.91 Å². The van der Waals surface area contributed by atoms with E-state index in [0.29, 0.717) is 36.7 Å². The van der Waals surface area contributed by atoms with Crippen LogP contribution in [0.5, 0.6) is 0 Å². The molecular weight excluding hydrogens is 392 g/mol. The van der Waals surface area contributed by atoms with Gasteiger partial charge < -0.3 is 15.1 Å². The van der Waals surface area contributed by atoms with Gasteiger partial charge in [-0.3, -0.25) is 14.3 Å². The van der Waals surface area contributed by atoms with Crippen molar-refractivity contribution in [3.8, 4) is 0 Å². The molecule has 31 heavy (non-hydrogen) atoms. The van der Waals surface area contributed by atoms with Gasteiger partial charge in [-0.05, 0) is 31.5 Å². The van der Waals surface area contributed by atoms with Crippen molar-refractivity contribution in [3.05, 3.63) is 71.2 Å². The van der Waals surface area contributed by atoms with E-state index in [1.807, 2.05) is 54.9 Å². The fraction of sp³-hybridized carbons (Fsp3) is 0.304. The quantitative estimate of drug-likeness (QED) is 0.707. The van der Waals surface area contributed by atoms with E-state index in [-0.39, 0.29) is 24.4 Å². The van der Waals surface area contributed by atoms with Crippen molar-refractivity contribution in [2.24, 2.45) is 0 Å². The Labute approximate surface area is 180 Å². The molecule has 0 spiro atoms. The van der Waals surface area contributed by atoms with Crippen LogP contribution in [0.4, 0.5) is 11.5 Å². The van der Waals surface area contributed by atoms with Gasteiger partial charge in [0.25, 0.3) is 5.91 Å². The highest BCUT2D eigenvalue weighted by atomic mass is 16.2. The number of nitrogens with one attached hydrogen (secondary N) is 1. The van der Waals surface area contributed by atoms with Crippen molar-refractivity contribution < 1.29 is 9.59 Å². The number of amides is 2. The number of hydrogen-bond donors (Lipinski definition) is 1. The highest BCUT2D eigenvalue weighted by Crippen LogP contribution is 2.31. The Morgan fingerprint density at radius 1 is 1.16 bits per heavy atom. The Morgan fingerprint density at radius 3 is 2.65 bits per heavy atom. The maximum absolute atomic E-state index is 13.1. The highest BCUT2D eigenvalue weighted by Gasteiger charge is 2.35. The van der Waals surface area contributed by atoms with Crippen LogP contribution in [0.2, 0.25) is 0 Å². The number of benzene rings is 1. The Morgan fingerprint density at radius 2 is 1.94 bits per heavy atom. The van der Waals surface area contributed by atoms with Gasteiger partial charge in [0.1, 0.15) is 0 Å². The summed E-state index contributed by atoms with van der Waals surface area (Å²) in [5.74, 6) is 0.498. The predicted octanol–water partition coefficient (Wildman–Crippen LogP) is 2.55. The Kier molecular flexibility index (Phi) is 4.69. The number of aromatic nitrogens is 3. The van der Waals surface area contributed by atoms with E-state index in [1.54, 1.807) is 22.1 Å². The smallest absolute Gasteiger partial charge is 0.255 e. The SMILES string of the molecule is Cc1cc(C)n(C2CN(C(=O)c3cnc4c(c3)N(Cc3ccccc3)C(=O)CN4)C2)n1. The molecular formula is C23H24N6O2. The summed E-state index contributed by atoms with van der Waals surface area (Å²) in [4.78, 5) is 33.6. The molecule has 3 aromatic rings. The lowest BCUT2D eigenvalue weighted by Crippen LogP contribution is -2.51. The molecule has 2 amide bonds. The first-order chi connectivity index (χ1) is 15.0. The van der Waals surface area contributed by atoms with Crippen LogP contribution in [-0.2, 0) is 11.3 Å². The number of anilines is 2. The summed E-state index contributed by atoms with van der Waals surface area (Å²) in [6.07, 6.45) is 1.58. The van der Waals surface area contributed by atoms with Crippen molar-refractivity contribution in [3.63, 3.8) is 0 Å². The number of hydrogen-bond acceptors (Lipinski definition) is 5. The number of nitrogens with zero attached hydrogens (tertiary/aromatic N) is 5. The average Bonchev–Trinajstić information content (AvgIpc) is 3.07. The van der Waals surface area contributed by atoms with E-state index in [4.69, 9.17) is 0 Å². The Hall–Kier alpha value is -3.68. The number of fused-ring (bicyclic) bond motifs is 1. The van der Waals surface area contributed by atoms with Crippen molar-refractivity contribution in [1.29, 1.82) is 0 Å². The number of rotatable bonds is 4. The van der Waals surface area contributed by atoms with Crippen molar-refractivity contribution in [2.75, 3.05) is 29.9 Å². The fourth-order valence-electron chi connectivity index (χ4n) is 4.21. The minimum absolute atomic E-state index is 0.0451. The summed E-state index contributed by atoms with van der Waals surface area (Å²) in [5.41, 5.74) is 4.24. The zero-order valence-corrected chi connectivity index (χ0v) is 17.6. The van der Waals surface area contributed by atoms with Crippen LogP contribution in [-0.4, -0.2) is 51.1 Å². The summed E-state index contributed by atoms with van der Waals surface area (Å²) in [7, 11) is 0. The van der Waals surface area contributed by atoms with E-state index >= 15 is 0 Å². The van der Waals surface area contributed by atoms with E-state index < -0.39 is 0 Å². The maximum atomic E-state index is 13.1. The average molecular weight is 416 g/mol. The largest absolute Gasteiger partial charge is 0.359 e. The standard InChI is InChI=1S/C23H24N6O2/c1-15-8-16(2)29(26-15)19-13-27(14-19)23(31)18-9-20-22(24-10-18)25-11-21(30)28(20)12-17-6-4-3-5-7-17/h3-10,19H,11-14H2,1-2H3,(H,24,25). The van der Waals surface area contributed by atoms with Crippen LogP contribution in [0.3, 0.4) is 0 Å². The number of pyridine rings is 1. The Balaban J connectivity index is 1.35. The van der Waals surface area contributed by atoms with Crippen molar-refractivity contribution in [1.82, 2.24) is 19.7 Å². The summed E-state index contributed by atoms with van der Waals surface area (Å²) in [6.45, 7) is 5.86. The van der Waals surface area contributed by atoms with Crippen LogP contribution in [0.1, 0.15) is 33.4 Å². The Bertz CT molecular complexity index is 1150. The second-order valence-electron chi connectivity index (χ2n) is 8.15. The molecule has 2 aromatic heterocycles. The molecule has 2 aliphatic heterocycles. The number of carbonyl (C=O) groups is 2. The van der Waals surface area contributed by atoms with Crippen LogP contribution >= 0.6 is 0 Å². The first-order valence-corrected chi connectivity index (χ1v) is 10.4. The topological polar surface area (TPSA) is 83.4 Å². The molecule has 4 heterocycles. The molecule has 0 radical (unpaired) electrons. The second-order valence-corrected chi connectivity index (χ2v) is 8.15. The monoisotopic (exact) mass is 416 g/mol. The first kappa shape index (κ1) is 19.3. The molecule has 1 saturated heterocycles. The van der Waals surface area contributed by atoms with Gasteiger partial charge in [-0.1, -0.05) is 30.3 Å². The molecule has 0 saturated carbocycles. The van der Waals surface area contributed by atoms with Gasteiger partial charge in [-0.25, -0.2) is 4.98 Å². The summed E-state index contributed by atoms with van der Waals surface area (Å²) in [5, 5.41) is 7.58. The lowest BCUT2D eigenvalue weighted by Gasteiger charge is -2.40. The van der Waals surface area contributed by atoms with E-state index in [1.165, 1.54) is 0 Å². The molecule has 0 atom stereocenters. The van der Waals surface area contributed by atoms with Gasteiger partial charge in [-0.2, -0.15) is 5.10 Å². The van der Waals surface area contributed by atoms with Gasteiger partial charge >= 0.3 is 0 Å². The third-order valence-corrected chi connectivity index (χ3v) is 5.84. The second kappa shape index (κ2) is 7.54. The molecule has 0 bridgehead atoms. The van der Waals surface area contributed by atoms with Crippen molar-refractivity contribution >= 4 is 23.3 Å². The highest BCUT2D eigenvalue weighted by molar-refractivity contribution is 6.04. The fourth-order valence-corrected chi connectivity index (χ4v) is 4.21. The van der Waals surface area contributed by atoms with E-state index in [2.05, 4.69) is 15.4 Å². The minimum atomic E-state index is -0.0780. The molecule has 5 rings (SSSR count). The third-order valence-electron chi connectivity index (χ3n) is 5.84. The van der Waals surface area contributed by atoms with E-state index in [0.717, 1.165) is 17.0 Å². The third kappa shape index (κ3) is 3.54. The number of aryl methyl sites for hydroxylation is 2. The van der Waals surface area contributed by atoms with Gasteiger partial charge in [0.05, 0.1) is 36.1 Å². The molecule has 8 heteroatoms. The lowest BCUT2D eigenvalue weighted by atomic mass is 10.1. The molecule has 0 aliphatic carbocycles. The predicted molar refractivity (Wildman–Crippen MR) is 117 cm³/mol. The number of carbonyl (C=O) groups excluding carboxylic acids is 2. The van der Waals surface area contributed by atoms with E-state index in [9.17, 15) is 9.59 Å². The van der Waals surface area contributed by atoms with Crippen LogP contribution in [0.15, 0.2) is 48.7 Å². The lowest BCUT2D eigenvalue weighted by molar-refractivity contribution is -0.117. The molecule has 1 N–H and O–H groups in total. The van der Waals surface area contributed by atoms with Gasteiger partial charge in [0.15, 0.2) is 5.82 Å². The van der Waals surface area contributed by atoms with Gasteiger partial charge in [-0.15, -0.1) is 0 Å². The maximum Gasteiger partial charge on any atom is 0.255 e.